The van der Waals surface area contributed by atoms with E-state index in [1.807, 2.05) is 28.8 Å². The normalized spacial score (nSPS) is 13.9. The molecule has 0 aliphatic rings. The Morgan fingerprint density at radius 2 is 2.22 bits per heavy atom. The van der Waals surface area contributed by atoms with Gasteiger partial charge in [0.1, 0.15) is 5.65 Å². The first-order valence-electron chi connectivity index (χ1n) is 5.85. The number of aromatic nitrogens is 2. The van der Waals surface area contributed by atoms with Gasteiger partial charge < -0.3 is 10.1 Å². The zero-order chi connectivity index (χ0) is 13.2. The summed E-state index contributed by atoms with van der Waals surface area (Å²) in [4.78, 5) is 4.28. The molecular formula is C12H17N3O2S. The summed E-state index contributed by atoms with van der Waals surface area (Å²) in [5, 5.41) is 0. The van der Waals surface area contributed by atoms with Crippen molar-refractivity contribution >= 4 is 15.5 Å². The summed E-state index contributed by atoms with van der Waals surface area (Å²) >= 11 is 0. The van der Waals surface area contributed by atoms with Crippen molar-refractivity contribution in [2.24, 2.45) is 5.73 Å². The van der Waals surface area contributed by atoms with E-state index in [1.54, 1.807) is 13.1 Å². The zero-order valence-corrected chi connectivity index (χ0v) is 11.1. The minimum atomic E-state index is -3.13. The van der Waals surface area contributed by atoms with Crippen molar-refractivity contribution in [3.63, 3.8) is 0 Å². The topological polar surface area (TPSA) is 77.5 Å². The molecule has 0 aliphatic carbocycles. The van der Waals surface area contributed by atoms with Gasteiger partial charge in [-0.3, -0.25) is 0 Å². The lowest BCUT2D eigenvalue weighted by atomic mass is 10.3. The summed E-state index contributed by atoms with van der Waals surface area (Å²) in [5.41, 5.74) is 6.90. The van der Waals surface area contributed by atoms with Gasteiger partial charge in [0.15, 0.2) is 9.84 Å². The third-order valence-electron chi connectivity index (χ3n) is 2.67. The van der Waals surface area contributed by atoms with E-state index in [4.69, 9.17) is 5.73 Å². The molecule has 18 heavy (non-hydrogen) atoms. The largest absolute Gasteiger partial charge is 0.328 e. The standard InChI is InChI=1S/C12H17N3O2S/c1-10(13)5-7-18(16,17)9-11-8-15-6-3-2-4-12(15)14-11/h2-4,6,8,10H,5,7,9,13H2,1H3. The average molecular weight is 267 g/mol. The second kappa shape index (κ2) is 5.07. The van der Waals surface area contributed by atoms with Crippen LogP contribution in [0.1, 0.15) is 19.0 Å². The Morgan fingerprint density at radius 3 is 2.89 bits per heavy atom. The molecule has 0 aromatic carbocycles. The predicted molar refractivity (Wildman–Crippen MR) is 70.9 cm³/mol. The van der Waals surface area contributed by atoms with Crippen molar-refractivity contribution in [3.8, 4) is 0 Å². The molecule has 0 radical (unpaired) electrons. The van der Waals surface area contributed by atoms with Gasteiger partial charge in [-0.1, -0.05) is 6.07 Å². The molecule has 0 saturated heterocycles. The summed E-state index contributed by atoms with van der Waals surface area (Å²) in [5.74, 6) is 0.0833. The molecular weight excluding hydrogens is 250 g/mol. The van der Waals surface area contributed by atoms with E-state index >= 15 is 0 Å². The number of sulfone groups is 1. The van der Waals surface area contributed by atoms with Gasteiger partial charge >= 0.3 is 0 Å². The summed E-state index contributed by atoms with van der Waals surface area (Å²) in [6.45, 7) is 1.81. The van der Waals surface area contributed by atoms with Gasteiger partial charge in [0.05, 0.1) is 17.2 Å². The second-order valence-electron chi connectivity index (χ2n) is 4.56. The minimum absolute atomic E-state index is 0.0264. The molecule has 2 heterocycles. The number of nitrogens with zero attached hydrogens (tertiary/aromatic N) is 2. The summed E-state index contributed by atoms with van der Waals surface area (Å²) in [7, 11) is -3.13. The van der Waals surface area contributed by atoms with Crippen LogP contribution in [0.2, 0.25) is 0 Å². The molecule has 2 aromatic rings. The molecule has 5 nitrogen and oxygen atoms in total. The van der Waals surface area contributed by atoms with Crippen LogP contribution in [-0.2, 0) is 15.6 Å². The minimum Gasteiger partial charge on any atom is -0.328 e. The summed E-state index contributed by atoms with van der Waals surface area (Å²) in [6.07, 6.45) is 4.08. The van der Waals surface area contributed by atoms with Crippen LogP contribution in [0.15, 0.2) is 30.6 Å². The number of fused-ring (bicyclic) bond motifs is 1. The Hall–Kier alpha value is -1.40. The fourth-order valence-corrected chi connectivity index (χ4v) is 3.18. The van der Waals surface area contributed by atoms with E-state index in [9.17, 15) is 8.42 Å². The predicted octanol–water partition coefficient (Wildman–Crippen LogP) is 0.986. The van der Waals surface area contributed by atoms with E-state index in [-0.39, 0.29) is 17.5 Å². The summed E-state index contributed by atoms with van der Waals surface area (Å²) in [6, 6.07) is 5.50. The van der Waals surface area contributed by atoms with E-state index in [2.05, 4.69) is 4.98 Å². The maximum absolute atomic E-state index is 11.9. The van der Waals surface area contributed by atoms with E-state index in [0.29, 0.717) is 12.1 Å². The number of imidazole rings is 1. The van der Waals surface area contributed by atoms with E-state index in [1.165, 1.54) is 0 Å². The van der Waals surface area contributed by atoms with Gasteiger partial charge in [0, 0.05) is 18.4 Å². The van der Waals surface area contributed by atoms with Crippen LogP contribution in [-0.4, -0.2) is 29.6 Å². The Kier molecular flexibility index (Phi) is 3.68. The van der Waals surface area contributed by atoms with Crippen LogP contribution in [0.25, 0.3) is 5.65 Å². The fourth-order valence-electron chi connectivity index (χ4n) is 1.72. The number of hydrogen-bond donors (Lipinski definition) is 1. The second-order valence-corrected chi connectivity index (χ2v) is 6.74. The van der Waals surface area contributed by atoms with Gasteiger partial charge in [-0.25, -0.2) is 13.4 Å². The highest BCUT2D eigenvalue weighted by Crippen LogP contribution is 2.09. The van der Waals surface area contributed by atoms with Crippen molar-refractivity contribution in [2.45, 2.75) is 25.1 Å². The molecule has 0 fully saturated rings. The molecule has 6 heteroatoms. The lowest BCUT2D eigenvalue weighted by Crippen LogP contribution is -2.20. The highest BCUT2D eigenvalue weighted by molar-refractivity contribution is 7.90. The van der Waals surface area contributed by atoms with Crippen molar-refractivity contribution in [1.82, 2.24) is 9.38 Å². The number of hydrogen-bond acceptors (Lipinski definition) is 4. The highest BCUT2D eigenvalue weighted by Gasteiger charge is 2.15. The molecule has 0 aliphatic heterocycles. The van der Waals surface area contributed by atoms with Crippen molar-refractivity contribution in [3.05, 3.63) is 36.3 Å². The lowest BCUT2D eigenvalue weighted by molar-refractivity contribution is 0.586. The van der Waals surface area contributed by atoms with Crippen LogP contribution in [0.4, 0.5) is 0 Å². The monoisotopic (exact) mass is 267 g/mol. The first kappa shape index (κ1) is 13.0. The van der Waals surface area contributed by atoms with Crippen LogP contribution in [0, 0.1) is 0 Å². The van der Waals surface area contributed by atoms with Crippen molar-refractivity contribution in [2.75, 3.05) is 5.75 Å². The molecule has 2 N–H and O–H groups in total. The van der Waals surface area contributed by atoms with Crippen LogP contribution < -0.4 is 5.73 Å². The van der Waals surface area contributed by atoms with Crippen LogP contribution in [0.3, 0.4) is 0 Å². The molecule has 98 valence electrons. The van der Waals surface area contributed by atoms with Crippen LogP contribution in [0.5, 0.6) is 0 Å². The first-order valence-corrected chi connectivity index (χ1v) is 7.67. The molecule has 0 saturated carbocycles. The van der Waals surface area contributed by atoms with Gasteiger partial charge in [-0.2, -0.15) is 0 Å². The Labute approximate surface area is 107 Å². The molecule has 0 bridgehead atoms. The number of nitrogens with two attached hydrogens (primary N) is 1. The maximum atomic E-state index is 11.9. The smallest absolute Gasteiger partial charge is 0.156 e. The molecule has 2 rings (SSSR count). The van der Waals surface area contributed by atoms with Crippen molar-refractivity contribution in [1.29, 1.82) is 0 Å². The quantitative estimate of drug-likeness (QED) is 0.876. The lowest BCUT2D eigenvalue weighted by Gasteiger charge is -2.04. The SMILES string of the molecule is CC(N)CCS(=O)(=O)Cc1cn2ccccc2n1. The third-order valence-corrected chi connectivity index (χ3v) is 4.26. The van der Waals surface area contributed by atoms with E-state index < -0.39 is 9.84 Å². The molecule has 0 spiro atoms. The van der Waals surface area contributed by atoms with Crippen LogP contribution >= 0.6 is 0 Å². The van der Waals surface area contributed by atoms with Gasteiger partial charge in [-0.05, 0) is 25.5 Å². The molecule has 2 aromatic heterocycles. The van der Waals surface area contributed by atoms with Crippen molar-refractivity contribution < 1.29 is 8.42 Å². The molecule has 1 atom stereocenters. The van der Waals surface area contributed by atoms with Gasteiger partial charge in [0.25, 0.3) is 0 Å². The number of rotatable bonds is 5. The maximum Gasteiger partial charge on any atom is 0.156 e. The van der Waals surface area contributed by atoms with Gasteiger partial charge in [0.2, 0.25) is 0 Å². The average Bonchev–Trinajstić information content (AvgIpc) is 2.67. The van der Waals surface area contributed by atoms with E-state index in [0.717, 1.165) is 5.65 Å². The zero-order valence-electron chi connectivity index (χ0n) is 10.3. The first-order chi connectivity index (χ1) is 8.46. The number of pyridine rings is 1. The highest BCUT2D eigenvalue weighted by atomic mass is 32.2. The molecule has 0 amide bonds. The summed E-state index contributed by atoms with van der Waals surface area (Å²) < 4.78 is 25.6. The Balaban J connectivity index is 2.13. The Bertz CT molecular complexity index is 599. The third kappa shape index (κ3) is 3.30. The van der Waals surface area contributed by atoms with Gasteiger partial charge in [-0.15, -0.1) is 0 Å². The Morgan fingerprint density at radius 1 is 1.44 bits per heavy atom. The molecule has 1 unspecified atom stereocenters. The fraction of sp³-hybridized carbons (Fsp3) is 0.417.